The van der Waals surface area contributed by atoms with Crippen molar-refractivity contribution in [2.24, 2.45) is 5.92 Å². The zero-order valence-electron chi connectivity index (χ0n) is 9.23. The fourth-order valence-corrected chi connectivity index (χ4v) is 2.27. The molecule has 1 saturated heterocycles. The molecule has 0 aliphatic carbocycles. The summed E-state index contributed by atoms with van der Waals surface area (Å²) < 4.78 is 4.57. The average Bonchev–Trinajstić information content (AvgIpc) is 2.89. The lowest BCUT2D eigenvalue weighted by Gasteiger charge is -2.03. The number of nitrogens with one attached hydrogen (secondary N) is 1. The maximum absolute atomic E-state index is 12.0. The van der Waals surface area contributed by atoms with Gasteiger partial charge in [-0.05, 0) is 17.5 Å². The highest BCUT2D eigenvalue weighted by atomic mass is 32.1. The average molecular weight is 249 g/mol. The summed E-state index contributed by atoms with van der Waals surface area (Å²) in [4.78, 5) is 24.3. The SMILES string of the molecule is C=C1NC(=Cc2cccs2)C(=O)C1C(=O)OC. The van der Waals surface area contributed by atoms with Crippen LogP contribution in [-0.4, -0.2) is 18.9 Å². The van der Waals surface area contributed by atoms with Crippen LogP contribution in [0.1, 0.15) is 4.88 Å². The van der Waals surface area contributed by atoms with Crippen LogP contribution in [-0.2, 0) is 14.3 Å². The van der Waals surface area contributed by atoms with Gasteiger partial charge in [0.2, 0.25) is 0 Å². The summed E-state index contributed by atoms with van der Waals surface area (Å²) in [5, 5.41) is 4.75. The zero-order chi connectivity index (χ0) is 12.4. The van der Waals surface area contributed by atoms with E-state index in [1.54, 1.807) is 6.08 Å². The molecule has 1 atom stereocenters. The van der Waals surface area contributed by atoms with Crippen molar-refractivity contribution in [2.45, 2.75) is 0 Å². The molecule has 5 heteroatoms. The molecule has 1 aromatic heterocycles. The van der Waals surface area contributed by atoms with Gasteiger partial charge in [-0.2, -0.15) is 0 Å². The third-order valence-electron chi connectivity index (χ3n) is 2.44. The number of carbonyl (C=O) groups excluding carboxylic acids is 2. The van der Waals surface area contributed by atoms with Gasteiger partial charge in [-0.15, -0.1) is 11.3 Å². The Morgan fingerprint density at radius 3 is 3.00 bits per heavy atom. The largest absolute Gasteiger partial charge is 0.468 e. The molecule has 0 amide bonds. The van der Waals surface area contributed by atoms with Crippen molar-refractivity contribution < 1.29 is 14.3 Å². The van der Waals surface area contributed by atoms with E-state index in [4.69, 9.17) is 0 Å². The molecule has 0 aromatic carbocycles. The molecule has 88 valence electrons. The lowest BCUT2D eigenvalue weighted by atomic mass is 10.0. The first-order valence-corrected chi connectivity index (χ1v) is 5.84. The van der Waals surface area contributed by atoms with E-state index in [1.165, 1.54) is 18.4 Å². The quantitative estimate of drug-likeness (QED) is 0.491. The molecule has 1 unspecified atom stereocenters. The summed E-state index contributed by atoms with van der Waals surface area (Å²) in [5.41, 5.74) is 0.748. The third-order valence-corrected chi connectivity index (χ3v) is 3.26. The van der Waals surface area contributed by atoms with Gasteiger partial charge in [-0.1, -0.05) is 12.6 Å². The number of thiophene rings is 1. The van der Waals surface area contributed by atoms with Gasteiger partial charge < -0.3 is 10.1 Å². The maximum atomic E-state index is 12.0. The second kappa shape index (κ2) is 4.55. The van der Waals surface area contributed by atoms with Crippen LogP contribution in [0.25, 0.3) is 6.08 Å². The Bertz CT molecular complexity index is 502. The number of Topliss-reactive ketones (excluding diaryl/α,β-unsaturated/α-hetero) is 1. The minimum absolute atomic E-state index is 0.296. The molecule has 0 radical (unpaired) electrons. The number of carbonyl (C=O) groups is 2. The molecule has 0 saturated carbocycles. The van der Waals surface area contributed by atoms with Gasteiger partial charge in [-0.25, -0.2) is 0 Å². The van der Waals surface area contributed by atoms with E-state index in [2.05, 4.69) is 16.6 Å². The van der Waals surface area contributed by atoms with Crippen molar-refractivity contribution in [3.05, 3.63) is 40.4 Å². The van der Waals surface area contributed by atoms with Crippen molar-refractivity contribution >= 4 is 29.2 Å². The van der Waals surface area contributed by atoms with Crippen molar-refractivity contribution in [3.8, 4) is 0 Å². The molecule has 0 bridgehead atoms. The Balaban J connectivity index is 2.27. The highest BCUT2D eigenvalue weighted by Crippen LogP contribution is 2.25. The van der Waals surface area contributed by atoms with E-state index < -0.39 is 11.9 Å². The number of methoxy groups -OCH3 is 1. The predicted molar refractivity (Wildman–Crippen MR) is 65.1 cm³/mol. The van der Waals surface area contributed by atoms with Crippen LogP contribution < -0.4 is 5.32 Å². The number of rotatable bonds is 2. The van der Waals surface area contributed by atoms with Crippen LogP contribution in [0.5, 0.6) is 0 Å². The minimum Gasteiger partial charge on any atom is -0.468 e. The first-order chi connectivity index (χ1) is 8.13. The standard InChI is InChI=1S/C12H11NO3S/c1-7-10(12(15)16-2)11(14)9(13-7)6-8-4-3-5-17-8/h3-6,10,13H,1H2,2H3. The van der Waals surface area contributed by atoms with Crippen molar-refractivity contribution in [3.63, 3.8) is 0 Å². The number of hydrogen-bond donors (Lipinski definition) is 1. The summed E-state index contributed by atoms with van der Waals surface area (Å²) >= 11 is 1.51. The Morgan fingerprint density at radius 2 is 2.41 bits per heavy atom. The maximum Gasteiger partial charge on any atom is 0.322 e. The lowest BCUT2D eigenvalue weighted by molar-refractivity contribution is -0.146. The van der Waals surface area contributed by atoms with E-state index in [0.29, 0.717) is 11.4 Å². The molecule has 0 spiro atoms. The van der Waals surface area contributed by atoms with Gasteiger partial charge in [0.15, 0.2) is 11.7 Å². The number of hydrogen-bond acceptors (Lipinski definition) is 5. The van der Waals surface area contributed by atoms with E-state index in [1.807, 2.05) is 17.5 Å². The number of esters is 1. The summed E-state index contributed by atoms with van der Waals surface area (Å²) in [6.07, 6.45) is 1.71. The highest BCUT2D eigenvalue weighted by molar-refractivity contribution is 7.10. The molecule has 2 rings (SSSR count). The Hall–Kier alpha value is -1.88. The van der Waals surface area contributed by atoms with Gasteiger partial charge in [0, 0.05) is 10.6 Å². The molecule has 4 nitrogen and oxygen atoms in total. The molecule has 2 heterocycles. The third kappa shape index (κ3) is 2.14. The highest BCUT2D eigenvalue weighted by Gasteiger charge is 2.39. The molecule has 17 heavy (non-hydrogen) atoms. The zero-order valence-corrected chi connectivity index (χ0v) is 10.0. The second-order valence-corrected chi connectivity index (χ2v) is 4.52. The van der Waals surface area contributed by atoms with Crippen LogP contribution in [0.15, 0.2) is 35.5 Å². The minimum atomic E-state index is -0.925. The van der Waals surface area contributed by atoms with Crippen LogP contribution >= 0.6 is 11.3 Å². The van der Waals surface area contributed by atoms with Gasteiger partial charge in [0.25, 0.3) is 0 Å². The topological polar surface area (TPSA) is 55.4 Å². The molecule has 1 N–H and O–H groups in total. The van der Waals surface area contributed by atoms with Gasteiger partial charge in [0.05, 0.1) is 12.8 Å². The van der Waals surface area contributed by atoms with E-state index in [0.717, 1.165) is 4.88 Å². The molecule has 1 aliphatic rings. The Kier molecular flexibility index (Phi) is 3.10. The van der Waals surface area contributed by atoms with Crippen LogP contribution in [0.2, 0.25) is 0 Å². The summed E-state index contributed by atoms with van der Waals surface area (Å²) in [6, 6.07) is 3.78. The summed E-state index contributed by atoms with van der Waals surface area (Å²) in [6.45, 7) is 3.66. The monoisotopic (exact) mass is 249 g/mol. The van der Waals surface area contributed by atoms with E-state index in [9.17, 15) is 9.59 Å². The van der Waals surface area contributed by atoms with E-state index >= 15 is 0 Å². The van der Waals surface area contributed by atoms with Gasteiger partial charge >= 0.3 is 5.97 Å². The van der Waals surface area contributed by atoms with Crippen LogP contribution in [0.4, 0.5) is 0 Å². The van der Waals surface area contributed by atoms with Crippen LogP contribution in [0.3, 0.4) is 0 Å². The first kappa shape index (κ1) is 11.6. The number of ether oxygens (including phenoxy) is 1. The summed E-state index contributed by atoms with van der Waals surface area (Å²) in [5.74, 6) is -1.80. The fourth-order valence-electron chi connectivity index (χ4n) is 1.61. The molecular formula is C12H11NO3S. The fraction of sp³-hybridized carbons (Fsp3) is 0.167. The number of ketones is 1. The smallest absolute Gasteiger partial charge is 0.322 e. The lowest BCUT2D eigenvalue weighted by Crippen LogP contribution is -2.21. The molecule has 1 fully saturated rings. The second-order valence-electron chi connectivity index (χ2n) is 3.54. The Morgan fingerprint density at radius 1 is 1.65 bits per heavy atom. The van der Waals surface area contributed by atoms with Crippen molar-refractivity contribution in [1.82, 2.24) is 5.32 Å². The first-order valence-electron chi connectivity index (χ1n) is 4.96. The molecular weight excluding hydrogens is 238 g/mol. The predicted octanol–water partition coefficient (Wildman–Crippen LogP) is 1.56. The van der Waals surface area contributed by atoms with Crippen LogP contribution in [0, 0.1) is 5.92 Å². The summed E-state index contributed by atoms with van der Waals surface area (Å²) in [7, 11) is 1.25. The molecule has 1 aliphatic heterocycles. The molecule has 1 aromatic rings. The normalized spacial score (nSPS) is 21.7. The Labute approximate surface area is 103 Å². The van der Waals surface area contributed by atoms with Gasteiger partial charge in [0.1, 0.15) is 0 Å². The van der Waals surface area contributed by atoms with Gasteiger partial charge in [-0.3, -0.25) is 9.59 Å². The van der Waals surface area contributed by atoms with Crippen molar-refractivity contribution in [1.29, 1.82) is 0 Å². The van der Waals surface area contributed by atoms with E-state index in [-0.39, 0.29) is 5.78 Å². The van der Waals surface area contributed by atoms with Crippen molar-refractivity contribution in [2.75, 3.05) is 7.11 Å². The number of allylic oxidation sites excluding steroid dienone is 1.